The quantitative estimate of drug-likeness (QED) is 0.528. The van der Waals surface area contributed by atoms with E-state index in [9.17, 15) is 14.4 Å². The summed E-state index contributed by atoms with van der Waals surface area (Å²) in [6.45, 7) is -0.103. The number of carbonyl (C=O) groups excluding carboxylic acids is 1. The number of rotatable bonds is 5. The highest BCUT2D eigenvalue weighted by molar-refractivity contribution is 5.91. The first-order valence-electron chi connectivity index (χ1n) is 9.27. The van der Waals surface area contributed by atoms with Crippen LogP contribution in [0.3, 0.4) is 0 Å². The molecule has 2 aromatic carbocycles. The summed E-state index contributed by atoms with van der Waals surface area (Å²) in [6.07, 6.45) is 1.39. The number of carbonyl (C=O) groups is 1. The van der Waals surface area contributed by atoms with Crippen molar-refractivity contribution < 1.29 is 4.79 Å². The van der Waals surface area contributed by atoms with E-state index >= 15 is 0 Å². The van der Waals surface area contributed by atoms with Gasteiger partial charge in [0.1, 0.15) is 6.54 Å². The minimum atomic E-state index is -0.491. The van der Waals surface area contributed by atoms with Crippen molar-refractivity contribution in [2.24, 2.45) is 14.1 Å². The van der Waals surface area contributed by atoms with Gasteiger partial charge in [0.25, 0.3) is 5.56 Å². The molecule has 0 unspecified atom stereocenters. The van der Waals surface area contributed by atoms with Crippen molar-refractivity contribution in [1.29, 1.82) is 0 Å². The van der Waals surface area contributed by atoms with Crippen LogP contribution < -0.4 is 21.9 Å². The van der Waals surface area contributed by atoms with E-state index in [1.807, 2.05) is 42.5 Å². The summed E-state index contributed by atoms with van der Waals surface area (Å²) in [5.41, 5.74) is 1.98. The van der Waals surface area contributed by atoms with E-state index in [-0.39, 0.29) is 23.6 Å². The van der Waals surface area contributed by atoms with Crippen LogP contribution in [0.15, 0.2) is 70.5 Å². The average Bonchev–Trinajstić information content (AvgIpc) is 3.16. The van der Waals surface area contributed by atoms with Gasteiger partial charge in [0, 0.05) is 31.2 Å². The average molecular weight is 404 g/mol. The van der Waals surface area contributed by atoms with Gasteiger partial charge in [-0.2, -0.15) is 0 Å². The number of aryl methyl sites for hydroxylation is 1. The van der Waals surface area contributed by atoms with E-state index in [2.05, 4.69) is 15.6 Å². The molecule has 152 valence electrons. The largest absolute Gasteiger partial charge is 0.356 e. The molecule has 2 heterocycles. The summed E-state index contributed by atoms with van der Waals surface area (Å²) in [5, 5.41) is 6.08. The van der Waals surface area contributed by atoms with Crippen LogP contribution >= 0.6 is 0 Å². The molecule has 9 heteroatoms. The zero-order valence-corrected chi connectivity index (χ0v) is 16.5. The maximum atomic E-state index is 12.5. The van der Waals surface area contributed by atoms with Gasteiger partial charge in [0.2, 0.25) is 5.91 Å². The lowest BCUT2D eigenvalue weighted by Gasteiger charge is -2.10. The number of benzene rings is 2. The predicted octanol–water partition coefficient (Wildman–Crippen LogP) is 1.82. The molecular weight excluding hydrogens is 384 g/mol. The summed E-state index contributed by atoms with van der Waals surface area (Å²) in [4.78, 5) is 41.1. The van der Waals surface area contributed by atoms with Gasteiger partial charge < -0.3 is 15.2 Å². The molecule has 0 saturated carbocycles. The zero-order valence-electron chi connectivity index (χ0n) is 16.5. The number of nitrogens with one attached hydrogen (secondary N) is 2. The first-order valence-corrected chi connectivity index (χ1v) is 9.27. The second-order valence-electron chi connectivity index (χ2n) is 6.87. The molecule has 0 aliphatic carbocycles. The fraction of sp³-hybridized carbons (Fsp3) is 0.143. The molecule has 30 heavy (non-hydrogen) atoms. The number of para-hydroxylation sites is 1. The summed E-state index contributed by atoms with van der Waals surface area (Å²) >= 11 is 0. The van der Waals surface area contributed by atoms with Crippen molar-refractivity contribution in [2.45, 2.75) is 6.54 Å². The maximum Gasteiger partial charge on any atom is 0.332 e. The van der Waals surface area contributed by atoms with Crippen molar-refractivity contribution in [2.75, 3.05) is 10.6 Å². The summed E-state index contributed by atoms with van der Waals surface area (Å²) in [6, 6.07) is 17.1. The van der Waals surface area contributed by atoms with E-state index < -0.39 is 11.2 Å². The molecule has 0 radical (unpaired) electrons. The van der Waals surface area contributed by atoms with Gasteiger partial charge in [-0.05, 0) is 36.4 Å². The molecule has 4 aromatic rings. The minimum Gasteiger partial charge on any atom is -0.356 e. The van der Waals surface area contributed by atoms with Crippen molar-refractivity contribution in [1.82, 2.24) is 18.7 Å². The van der Waals surface area contributed by atoms with E-state index in [1.54, 1.807) is 12.1 Å². The molecule has 0 aliphatic rings. The van der Waals surface area contributed by atoms with Crippen molar-refractivity contribution >= 4 is 34.1 Å². The van der Waals surface area contributed by atoms with Gasteiger partial charge >= 0.3 is 5.69 Å². The fourth-order valence-corrected chi connectivity index (χ4v) is 3.20. The molecule has 0 aliphatic heterocycles. The number of hydrogen-bond donors (Lipinski definition) is 2. The van der Waals surface area contributed by atoms with Gasteiger partial charge in [-0.3, -0.25) is 18.7 Å². The lowest BCUT2D eigenvalue weighted by molar-refractivity contribution is -0.116. The predicted molar refractivity (Wildman–Crippen MR) is 115 cm³/mol. The normalized spacial score (nSPS) is 10.9. The molecule has 0 saturated heterocycles. The van der Waals surface area contributed by atoms with E-state index in [0.717, 1.165) is 15.9 Å². The molecule has 0 bridgehead atoms. The van der Waals surface area contributed by atoms with Crippen LogP contribution in [0.2, 0.25) is 0 Å². The maximum absolute atomic E-state index is 12.5. The minimum absolute atomic E-state index is 0.103. The third-order valence-corrected chi connectivity index (χ3v) is 4.76. The number of amides is 1. The van der Waals surface area contributed by atoms with Crippen molar-refractivity contribution in [3.8, 4) is 0 Å². The molecule has 0 spiro atoms. The third kappa shape index (κ3) is 3.60. The Kier molecular flexibility index (Phi) is 4.93. The number of imidazole rings is 1. The smallest absolute Gasteiger partial charge is 0.332 e. The number of fused-ring (bicyclic) bond motifs is 1. The summed E-state index contributed by atoms with van der Waals surface area (Å²) < 4.78 is 3.72. The van der Waals surface area contributed by atoms with Crippen LogP contribution in [0.5, 0.6) is 0 Å². The molecule has 4 rings (SSSR count). The lowest BCUT2D eigenvalue weighted by atomic mass is 10.2. The number of anilines is 3. The molecule has 0 fully saturated rings. The van der Waals surface area contributed by atoms with Gasteiger partial charge in [0.05, 0.1) is 6.33 Å². The molecule has 1 amide bonds. The zero-order chi connectivity index (χ0) is 21.3. The SMILES string of the molecule is Cn1c(=O)c2c(ncn2CC(=O)Nc2ccc(Nc3ccccc3)cc2)n(C)c1=O. The molecule has 2 N–H and O–H groups in total. The van der Waals surface area contributed by atoms with Gasteiger partial charge in [-0.25, -0.2) is 9.78 Å². The van der Waals surface area contributed by atoms with Gasteiger partial charge in [0.15, 0.2) is 11.2 Å². The Balaban J connectivity index is 1.49. The molecular formula is C21H20N6O3. The fourth-order valence-electron chi connectivity index (χ4n) is 3.20. The van der Waals surface area contributed by atoms with Crippen LogP contribution in [-0.4, -0.2) is 24.6 Å². The Morgan fingerprint density at radius 3 is 2.23 bits per heavy atom. The van der Waals surface area contributed by atoms with Crippen LogP contribution in [0, 0.1) is 0 Å². The lowest BCUT2D eigenvalue weighted by Crippen LogP contribution is -2.37. The monoisotopic (exact) mass is 404 g/mol. The Morgan fingerprint density at radius 2 is 1.53 bits per heavy atom. The highest BCUT2D eigenvalue weighted by Gasteiger charge is 2.16. The van der Waals surface area contributed by atoms with Crippen LogP contribution in [0.1, 0.15) is 0 Å². The Hall–Kier alpha value is -4.14. The van der Waals surface area contributed by atoms with E-state index in [0.29, 0.717) is 5.69 Å². The first kappa shape index (κ1) is 19.2. The van der Waals surface area contributed by atoms with Gasteiger partial charge in [-0.15, -0.1) is 0 Å². The van der Waals surface area contributed by atoms with Crippen LogP contribution in [0.25, 0.3) is 11.2 Å². The second kappa shape index (κ2) is 7.70. The number of hydrogen-bond acceptors (Lipinski definition) is 5. The Bertz CT molecular complexity index is 1330. The standard InChI is InChI=1S/C21H20N6O3/c1-25-19-18(20(29)26(2)21(25)30)27(13-22-19)12-17(28)24-16-10-8-15(9-11-16)23-14-6-4-3-5-7-14/h3-11,13,23H,12H2,1-2H3,(H,24,28). The summed E-state index contributed by atoms with van der Waals surface area (Å²) in [5.74, 6) is -0.311. The van der Waals surface area contributed by atoms with Crippen LogP contribution in [-0.2, 0) is 25.4 Å². The third-order valence-electron chi connectivity index (χ3n) is 4.76. The van der Waals surface area contributed by atoms with Crippen molar-refractivity contribution in [3.05, 3.63) is 81.8 Å². The Labute approximate surface area is 171 Å². The van der Waals surface area contributed by atoms with E-state index in [4.69, 9.17) is 0 Å². The second-order valence-corrected chi connectivity index (χ2v) is 6.87. The topological polar surface area (TPSA) is 103 Å². The molecule has 0 atom stereocenters. The molecule has 2 aromatic heterocycles. The summed E-state index contributed by atoms with van der Waals surface area (Å²) in [7, 11) is 2.93. The molecule has 9 nitrogen and oxygen atoms in total. The number of aromatic nitrogens is 4. The highest BCUT2D eigenvalue weighted by atomic mass is 16.2. The van der Waals surface area contributed by atoms with Gasteiger partial charge in [-0.1, -0.05) is 18.2 Å². The first-order chi connectivity index (χ1) is 14.4. The Morgan fingerprint density at radius 1 is 0.900 bits per heavy atom. The highest BCUT2D eigenvalue weighted by Crippen LogP contribution is 2.18. The van der Waals surface area contributed by atoms with E-state index in [1.165, 1.54) is 29.6 Å². The van der Waals surface area contributed by atoms with Crippen LogP contribution in [0.4, 0.5) is 17.1 Å². The number of nitrogens with zero attached hydrogens (tertiary/aromatic N) is 4. The van der Waals surface area contributed by atoms with Crippen molar-refractivity contribution in [3.63, 3.8) is 0 Å².